The van der Waals surface area contributed by atoms with Crippen LogP contribution in [0.3, 0.4) is 0 Å². The zero-order valence-electron chi connectivity index (χ0n) is 11.5. The highest BCUT2D eigenvalue weighted by molar-refractivity contribution is 5.30. The van der Waals surface area contributed by atoms with Gasteiger partial charge in [0.05, 0.1) is 0 Å². The topological polar surface area (TPSA) is 67.2 Å². The molecule has 2 unspecified atom stereocenters. The van der Waals surface area contributed by atoms with Gasteiger partial charge in [-0.05, 0) is 31.6 Å². The number of hydrogen-bond acceptors (Lipinski definition) is 4. The second-order valence-electron chi connectivity index (χ2n) is 5.24. The van der Waals surface area contributed by atoms with E-state index in [4.69, 9.17) is 0 Å². The minimum atomic E-state index is -0.0682. The van der Waals surface area contributed by atoms with Gasteiger partial charge in [0.15, 0.2) is 5.82 Å². The first-order valence-corrected chi connectivity index (χ1v) is 7.16. The molecule has 5 heteroatoms. The summed E-state index contributed by atoms with van der Waals surface area (Å²) in [5.41, 5.74) is -0.0682. The van der Waals surface area contributed by atoms with E-state index >= 15 is 0 Å². The average Bonchev–Trinajstić information content (AvgIpc) is 2.46. The Bertz CT molecular complexity index is 458. The fraction of sp³-hybridized carbons (Fsp3) is 0.714. The van der Waals surface area contributed by atoms with Gasteiger partial charge < -0.3 is 15.0 Å². The molecule has 1 aromatic heterocycles. The van der Waals surface area contributed by atoms with E-state index in [-0.39, 0.29) is 12.2 Å². The van der Waals surface area contributed by atoms with Gasteiger partial charge in [0, 0.05) is 32.1 Å². The molecule has 0 spiro atoms. The molecule has 0 aromatic carbocycles. The van der Waals surface area contributed by atoms with Crippen LogP contribution < -0.4 is 10.9 Å². The van der Waals surface area contributed by atoms with Crippen LogP contribution in [0.15, 0.2) is 17.2 Å². The lowest BCUT2D eigenvalue weighted by Gasteiger charge is -2.30. The van der Waals surface area contributed by atoms with E-state index in [1.165, 1.54) is 12.8 Å². The second-order valence-corrected chi connectivity index (χ2v) is 5.24. The zero-order chi connectivity index (χ0) is 13.7. The van der Waals surface area contributed by atoms with Crippen LogP contribution in [0.5, 0.6) is 0 Å². The summed E-state index contributed by atoms with van der Waals surface area (Å²) in [5.74, 6) is 1.22. The Kier molecular flexibility index (Phi) is 4.96. The number of nitrogens with zero attached hydrogens (tertiary/aromatic N) is 2. The number of nitrogens with one attached hydrogen (secondary N) is 1. The van der Waals surface area contributed by atoms with Gasteiger partial charge in [-0.3, -0.25) is 4.79 Å². The van der Waals surface area contributed by atoms with E-state index in [0.29, 0.717) is 24.2 Å². The van der Waals surface area contributed by atoms with Crippen LogP contribution in [0.25, 0.3) is 0 Å². The molecule has 0 aliphatic heterocycles. The third kappa shape index (κ3) is 3.35. The van der Waals surface area contributed by atoms with Crippen molar-refractivity contribution in [1.82, 2.24) is 9.55 Å². The first-order chi connectivity index (χ1) is 9.26. The van der Waals surface area contributed by atoms with E-state index in [1.807, 2.05) is 6.92 Å². The van der Waals surface area contributed by atoms with Crippen molar-refractivity contribution >= 4 is 5.82 Å². The van der Waals surface area contributed by atoms with Gasteiger partial charge in [0.25, 0.3) is 5.56 Å². The van der Waals surface area contributed by atoms with Crippen molar-refractivity contribution in [1.29, 1.82) is 0 Å². The van der Waals surface area contributed by atoms with Crippen LogP contribution in [-0.2, 0) is 6.54 Å². The lowest BCUT2D eigenvalue weighted by atomic mass is 9.79. The van der Waals surface area contributed by atoms with E-state index < -0.39 is 0 Å². The quantitative estimate of drug-likeness (QED) is 0.846. The highest BCUT2D eigenvalue weighted by atomic mass is 16.3. The standard InChI is InChI=1S/C14H23N3O2/c1-2-17-8-7-15-13(14(17)19)16-9-11-5-3-4-6-12(11)10-18/h7-8,11-12,18H,2-6,9-10H2,1H3,(H,15,16). The molecule has 1 aliphatic carbocycles. The van der Waals surface area contributed by atoms with Crippen molar-refractivity contribution in [3.05, 3.63) is 22.7 Å². The average molecular weight is 265 g/mol. The van der Waals surface area contributed by atoms with E-state index in [1.54, 1.807) is 17.0 Å². The molecule has 0 saturated heterocycles. The molecule has 1 aliphatic rings. The molecular weight excluding hydrogens is 242 g/mol. The summed E-state index contributed by atoms with van der Waals surface area (Å²) in [4.78, 5) is 16.1. The molecule has 1 heterocycles. The van der Waals surface area contributed by atoms with Crippen LogP contribution in [0.1, 0.15) is 32.6 Å². The van der Waals surface area contributed by atoms with Crippen LogP contribution in [0.2, 0.25) is 0 Å². The molecule has 19 heavy (non-hydrogen) atoms. The van der Waals surface area contributed by atoms with Gasteiger partial charge in [-0.25, -0.2) is 4.98 Å². The monoisotopic (exact) mass is 265 g/mol. The summed E-state index contributed by atoms with van der Waals surface area (Å²) in [7, 11) is 0. The Morgan fingerprint density at radius 1 is 1.42 bits per heavy atom. The van der Waals surface area contributed by atoms with Gasteiger partial charge in [-0.15, -0.1) is 0 Å². The fourth-order valence-electron chi connectivity index (χ4n) is 2.84. The molecule has 0 amide bonds. The van der Waals surface area contributed by atoms with Crippen LogP contribution in [-0.4, -0.2) is 27.8 Å². The minimum Gasteiger partial charge on any atom is -0.396 e. The highest BCUT2D eigenvalue weighted by Gasteiger charge is 2.24. The van der Waals surface area contributed by atoms with Crippen molar-refractivity contribution in [2.24, 2.45) is 11.8 Å². The number of aliphatic hydroxyl groups is 1. The summed E-state index contributed by atoms with van der Waals surface area (Å²) >= 11 is 0. The second kappa shape index (κ2) is 6.70. The van der Waals surface area contributed by atoms with Crippen molar-refractivity contribution in [2.75, 3.05) is 18.5 Å². The molecule has 0 radical (unpaired) electrons. The van der Waals surface area contributed by atoms with Gasteiger partial charge in [-0.2, -0.15) is 0 Å². The van der Waals surface area contributed by atoms with Crippen molar-refractivity contribution < 1.29 is 5.11 Å². The van der Waals surface area contributed by atoms with Gasteiger partial charge in [0.1, 0.15) is 0 Å². The number of aromatic nitrogens is 2. The van der Waals surface area contributed by atoms with Gasteiger partial charge in [-0.1, -0.05) is 12.8 Å². The lowest BCUT2D eigenvalue weighted by molar-refractivity contribution is 0.141. The number of rotatable bonds is 5. The largest absolute Gasteiger partial charge is 0.396 e. The molecule has 5 nitrogen and oxygen atoms in total. The first-order valence-electron chi connectivity index (χ1n) is 7.16. The van der Waals surface area contributed by atoms with Crippen LogP contribution in [0.4, 0.5) is 5.82 Å². The van der Waals surface area contributed by atoms with Crippen molar-refractivity contribution in [3.8, 4) is 0 Å². The third-order valence-corrected chi connectivity index (χ3v) is 4.09. The first kappa shape index (κ1) is 14.1. The Balaban J connectivity index is 2.00. The molecule has 1 saturated carbocycles. The predicted molar refractivity (Wildman–Crippen MR) is 75.2 cm³/mol. The maximum atomic E-state index is 12.0. The summed E-state index contributed by atoms with van der Waals surface area (Å²) in [6.45, 7) is 3.56. The zero-order valence-corrected chi connectivity index (χ0v) is 11.5. The molecular formula is C14H23N3O2. The van der Waals surface area contributed by atoms with Crippen molar-refractivity contribution in [2.45, 2.75) is 39.2 Å². The third-order valence-electron chi connectivity index (χ3n) is 4.09. The number of anilines is 1. The van der Waals surface area contributed by atoms with Crippen LogP contribution in [0, 0.1) is 11.8 Å². The van der Waals surface area contributed by atoms with Crippen LogP contribution >= 0.6 is 0 Å². The van der Waals surface area contributed by atoms with Gasteiger partial charge >= 0.3 is 0 Å². The molecule has 1 aromatic rings. The summed E-state index contributed by atoms with van der Waals surface area (Å²) in [6.07, 6.45) is 7.97. The highest BCUT2D eigenvalue weighted by Crippen LogP contribution is 2.29. The molecule has 1 fully saturated rings. The Morgan fingerprint density at radius 2 is 2.16 bits per heavy atom. The SMILES string of the molecule is CCn1ccnc(NCC2CCCCC2CO)c1=O. The Hall–Kier alpha value is -1.36. The Labute approximate surface area is 113 Å². The van der Waals surface area contributed by atoms with E-state index in [0.717, 1.165) is 19.4 Å². The van der Waals surface area contributed by atoms with E-state index in [9.17, 15) is 9.90 Å². The number of hydrogen-bond donors (Lipinski definition) is 2. The molecule has 2 N–H and O–H groups in total. The Morgan fingerprint density at radius 3 is 2.84 bits per heavy atom. The van der Waals surface area contributed by atoms with Gasteiger partial charge in [0.2, 0.25) is 0 Å². The number of aryl methyl sites for hydroxylation is 1. The summed E-state index contributed by atoms with van der Waals surface area (Å²) < 4.78 is 1.64. The lowest BCUT2D eigenvalue weighted by Crippen LogP contribution is -2.31. The molecule has 2 rings (SSSR count). The maximum absolute atomic E-state index is 12.0. The normalized spacial score (nSPS) is 23.3. The minimum absolute atomic E-state index is 0.0682. The van der Waals surface area contributed by atoms with E-state index in [2.05, 4.69) is 10.3 Å². The molecule has 0 bridgehead atoms. The van der Waals surface area contributed by atoms with Crippen molar-refractivity contribution in [3.63, 3.8) is 0 Å². The molecule has 2 atom stereocenters. The smallest absolute Gasteiger partial charge is 0.293 e. The maximum Gasteiger partial charge on any atom is 0.293 e. The summed E-state index contributed by atoms with van der Waals surface area (Å²) in [6, 6.07) is 0. The number of aliphatic hydroxyl groups excluding tert-OH is 1. The molecule has 106 valence electrons. The fourth-order valence-corrected chi connectivity index (χ4v) is 2.84. The summed E-state index contributed by atoms with van der Waals surface area (Å²) in [5, 5.41) is 12.6. The predicted octanol–water partition coefficient (Wildman–Crippen LogP) is 1.47.